The van der Waals surface area contributed by atoms with E-state index in [-0.39, 0.29) is 12.0 Å². The molecule has 0 spiro atoms. The molecule has 1 nitrogen and oxygen atoms in total. The zero-order chi connectivity index (χ0) is 9.83. The Morgan fingerprint density at radius 1 is 1.08 bits per heavy atom. The van der Waals surface area contributed by atoms with E-state index in [4.69, 9.17) is 0 Å². The van der Waals surface area contributed by atoms with Gasteiger partial charge in [0.1, 0.15) is 0 Å². The normalized spacial score (nSPS) is 13.5. The Morgan fingerprint density at radius 2 is 1.50 bits per heavy atom. The molecule has 0 heterocycles. The van der Waals surface area contributed by atoms with Crippen LogP contribution in [0.15, 0.2) is 0 Å². The lowest BCUT2D eigenvalue weighted by atomic mass is 9.86. The van der Waals surface area contributed by atoms with E-state index in [0.29, 0.717) is 0 Å². The van der Waals surface area contributed by atoms with Crippen molar-refractivity contribution in [3.05, 3.63) is 0 Å². The molecular formula is C9H18F2O. The second kappa shape index (κ2) is 4.17. The van der Waals surface area contributed by atoms with Crippen LogP contribution in [0, 0.1) is 5.41 Å². The first-order valence-corrected chi connectivity index (χ1v) is 4.35. The lowest BCUT2D eigenvalue weighted by molar-refractivity contribution is -0.238. The van der Waals surface area contributed by atoms with Crippen LogP contribution >= 0.6 is 0 Å². The highest BCUT2D eigenvalue weighted by molar-refractivity contribution is 4.70. The number of ether oxygens (including phenoxy) is 1. The molecule has 0 atom stereocenters. The fourth-order valence-electron chi connectivity index (χ4n) is 0.755. The minimum absolute atomic E-state index is 0.112. The standard InChI is InChI=1S/C9H18F2O/c1-5-8(3,6-2)7-12-9(4,10)11/h5-7H2,1-4H3. The molecule has 3 heteroatoms. The van der Waals surface area contributed by atoms with Crippen molar-refractivity contribution in [1.82, 2.24) is 0 Å². The summed E-state index contributed by atoms with van der Waals surface area (Å²) >= 11 is 0. The first-order chi connectivity index (χ1) is 5.33. The van der Waals surface area contributed by atoms with E-state index in [0.717, 1.165) is 19.8 Å². The average molecular weight is 180 g/mol. The van der Waals surface area contributed by atoms with Gasteiger partial charge in [0.05, 0.1) is 6.61 Å². The van der Waals surface area contributed by atoms with Gasteiger partial charge in [-0.1, -0.05) is 20.8 Å². The average Bonchev–Trinajstić information content (AvgIpc) is 1.99. The van der Waals surface area contributed by atoms with Crippen molar-refractivity contribution in [3.63, 3.8) is 0 Å². The van der Waals surface area contributed by atoms with Crippen molar-refractivity contribution < 1.29 is 13.5 Å². The summed E-state index contributed by atoms with van der Waals surface area (Å²) in [5.74, 6) is 0. The van der Waals surface area contributed by atoms with Crippen LogP contribution < -0.4 is 0 Å². The van der Waals surface area contributed by atoms with Gasteiger partial charge in [0.15, 0.2) is 0 Å². The summed E-state index contributed by atoms with van der Waals surface area (Å²) in [6.45, 7) is 6.84. The zero-order valence-electron chi connectivity index (χ0n) is 8.29. The molecule has 0 aromatic rings. The summed E-state index contributed by atoms with van der Waals surface area (Å²) in [6.07, 6.45) is -1.27. The molecule has 0 aromatic carbocycles. The van der Waals surface area contributed by atoms with Crippen molar-refractivity contribution in [3.8, 4) is 0 Å². The summed E-state index contributed by atoms with van der Waals surface area (Å²) < 4.78 is 29.0. The van der Waals surface area contributed by atoms with Crippen LogP contribution in [0.5, 0.6) is 0 Å². The van der Waals surface area contributed by atoms with Crippen molar-refractivity contribution in [1.29, 1.82) is 0 Å². The largest absolute Gasteiger partial charge is 0.352 e. The third-order valence-electron chi connectivity index (χ3n) is 2.38. The summed E-state index contributed by atoms with van der Waals surface area (Å²) in [5, 5.41) is 0. The molecule has 0 saturated carbocycles. The molecule has 0 unspecified atom stereocenters. The summed E-state index contributed by atoms with van der Waals surface area (Å²) in [4.78, 5) is 0. The van der Waals surface area contributed by atoms with Crippen LogP contribution in [0.25, 0.3) is 0 Å². The van der Waals surface area contributed by atoms with Crippen LogP contribution in [0.1, 0.15) is 40.5 Å². The molecule has 0 aliphatic heterocycles. The van der Waals surface area contributed by atoms with Gasteiger partial charge in [-0.15, -0.1) is 0 Å². The second-order valence-corrected chi connectivity index (χ2v) is 3.61. The zero-order valence-corrected chi connectivity index (χ0v) is 8.29. The van der Waals surface area contributed by atoms with Gasteiger partial charge in [-0.2, -0.15) is 8.78 Å². The predicted molar refractivity (Wildman–Crippen MR) is 45.3 cm³/mol. The van der Waals surface area contributed by atoms with Gasteiger partial charge < -0.3 is 4.74 Å². The van der Waals surface area contributed by atoms with Gasteiger partial charge in [-0.3, -0.25) is 0 Å². The van der Waals surface area contributed by atoms with Crippen LogP contribution in [0.2, 0.25) is 0 Å². The van der Waals surface area contributed by atoms with Crippen molar-refractivity contribution in [2.24, 2.45) is 5.41 Å². The fraction of sp³-hybridized carbons (Fsp3) is 1.00. The van der Waals surface area contributed by atoms with Crippen LogP contribution in [-0.2, 0) is 4.74 Å². The Morgan fingerprint density at radius 3 is 1.75 bits per heavy atom. The molecule has 0 rings (SSSR count). The molecule has 0 bridgehead atoms. The first-order valence-electron chi connectivity index (χ1n) is 4.35. The van der Waals surface area contributed by atoms with Gasteiger partial charge in [0, 0.05) is 6.92 Å². The maximum Gasteiger partial charge on any atom is 0.352 e. The van der Waals surface area contributed by atoms with Gasteiger partial charge in [-0.05, 0) is 18.3 Å². The SMILES string of the molecule is CCC(C)(CC)COC(C)(F)F. The van der Waals surface area contributed by atoms with E-state index in [1.165, 1.54) is 0 Å². The maximum atomic E-state index is 12.3. The predicted octanol–water partition coefficient (Wildman–Crippen LogP) is 3.44. The van der Waals surface area contributed by atoms with Crippen molar-refractivity contribution in [2.75, 3.05) is 6.61 Å². The third-order valence-corrected chi connectivity index (χ3v) is 2.38. The number of alkyl halides is 2. The fourth-order valence-corrected chi connectivity index (χ4v) is 0.755. The Bertz CT molecular complexity index is 125. The molecule has 0 saturated heterocycles. The van der Waals surface area contributed by atoms with Crippen molar-refractivity contribution in [2.45, 2.75) is 46.6 Å². The van der Waals surface area contributed by atoms with Crippen LogP contribution in [-0.4, -0.2) is 12.7 Å². The molecule has 74 valence electrons. The minimum atomic E-state index is -2.99. The van der Waals surface area contributed by atoms with E-state index in [9.17, 15) is 8.78 Å². The van der Waals surface area contributed by atoms with Crippen LogP contribution in [0.3, 0.4) is 0 Å². The molecule has 0 aliphatic carbocycles. The Balaban J connectivity index is 3.89. The van der Waals surface area contributed by atoms with Crippen molar-refractivity contribution >= 4 is 0 Å². The Kier molecular flexibility index (Phi) is 4.11. The lowest BCUT2D eigenvalue weighted by Crippen LogP contribution is -2.27. The number of hydrogen-bond donors (Lipinski definition) is 0. The smallest absolute Gasteiger partial charge is 0.320 e. The molecule has 0 aliphatic rings. The lowest BCUT2D eigenvalue weighted by Gasteiger charge is -2.27. The summed E-state index contributed by atoms with van der Waals surface area (Å²) in [7, 11) is 0. The summed E-state index contributed by atoms with van der Waals surface area (Å²) in [6, 6.07) is 0. The first kappa shape index (κ1) is 11.8. The van der Waals surface area contributed by atoms with Crippen LogP contribution in [0.4, 0.5) is 8.78 Å². The maximum absolute atomic E-state index is 12.3. The molecule has 0 fully saturated rings. The summed E-state index contributed by atoms with van der Waals surface area (Å²) in [5.41, 5.74) is -0.112. The Labute approximate surface area is 73.1 Å². The third kappa shape index (κ3) is 4.65. The quantitative estimate of drug-likeness (QED) is 0.629. The van der Waals surface area contributed by atoms with Gasteiger partial charge in [0.25, 0.3) is 0 Å². The van der Waals surface area contributed by atoms with E-state index in [1.54, 1.807) is 0 Å². The molecule has 0 aromatic heterocycles. The molecular weight excluding hydrogens is 162 g/mol. The number of hydrogen-bond acceptors (Lipinski definition) is 1. The highest BCUT2D eigenvalue weighted by Gasteiger charge is 2.28. The highest BCUT2D eigenvalue weighted by atomic mass is 19.3. The molecule has 12 heavy (non-hydrogen) atoms. The highest BCUT2D eigenvalue weighted by Crippen LogP contribution is 2.28. The monoisotopic (exact) mass is 180 g/mol. The molecule has 0 radical (unpaired) electrons. The van der Waals surface area contributed by atoms with Gasteiger partial charge in [0.2, 0.25) is 0 Å². The van der Waals surface area contributed by atoms with Gasteiger partial charge in [-0.25, -0.2) is 0 Å². The van der Waals surface area contributed by atoms with E-state index in [1.807, 2.05) is 20.8 Å². The number of halogens is 2. The van der Waals surface area contributed by atoms with E-state index in [2.05, 4.69) is 4.74 Å². The topological polar surface area (TPSA) is 9.23 Å². The van der Waals surface area contributed by atoms with E-state index >= 15 is 0 Å². The minimum Gasteiger partial charge on any atom is -0.320 e. The molecule has 0 N–H and O–H groups in total. The van der Waals surface area contributed by atoms with Gasteiger partial charge >= 0.3 is 6.11 Å². The number of rotatable bonds is 5. The Hall–Kier alpha value is -0.180. The van der Waals surface area contributed by atoms with E-state index < -0.39 is 6.11 Å². The second-order valence-electron chi connectivity index (χ2n) is 3.61. The molecule has 0 amide bonds.